The van der Waals surface area contributed by atoms with E-state index >= 15 is 0 Å². The van der Waals surface area contributed by atoms with Crippen molar-refractivity contribution in [3.05, 3.63) is 65.3 Å². The summed E-state index contributed by atoms with van der Waals surface area (Å²) in [5.74, 6) is 0.0222. The Bertz CT molecular complexity index is 1140. The fourth-order valence-electron chi connectivity index (χ4n) is 4.13. The fraction of sp³-hybridized carbons (Fsp3) is 0.320. The molecular formula is C25H28ClN5O2. The maximum atomic E-state index is 12.5. The molecule has 7 nitrogen and oxygen atoms in total. The number of aryl methyl sites for hydroxylation is 1. The number of amides is 3. The number of rotatable bonds is 6. The van der Waals surface area contributed by atoms with Gasteiger partial charge in [-0.05, 0) is 63.2 Å². The van der Waals surface area contributed by atoms with Crippen LogP contribution in [0.2, 0.25) is 5.02 Å². The van der Waals surface area contributed by atoms with Crippen LogP contribution in [0.5, 0.6) is 0 Å². The Morgan fingerprint density at radius 3 is 2.64 bits per heavy atom. The van der Waals surface area contributed by atoms with E-state index < -0.39 is 0 Å². The number of benzene rings is 2. The van der Waals surface area contributed by atoms with Gasteiger partial charge in [0.1, 0.15) is 0 Å². The fourth-order valence-corrected chi connectivity index (χ4v) is 4.32. The highest BCUT2D eigenvalue weighted by molar-refractivity contribution is 6.30. The van der Waals surface area contributed by atoms with Crippen LogP contribution in [0.1, 0.15) is 18.5 Å². The summed E-state index contributed by atoms with van der Waals surface area (Å²) in [4.78, 5) is 31.7. The number of hydrogen-bond donors (Lipinski definition) is 3. The van der Waals surface area contributed by atoms with Gasteiger partial charge in [-0.25, -0.2) is 4.79 Å². The van der Waals surface area contributed by atoms with Crippen LogP contribution in [0, 0.1) is 12.8 Å². The molecule has 172 valence electrons. The van der Waals surface area contributed by atoms with Crippen molar-refractivity contribution in [1.29, 1.82) is 0 Å². The number of urea groups is 1. The lowest BCUT2D eigenvalue weighted by Crippen LogP contribution is -2.42. The third kappa shape index (κ3) is 6.21. The van der Waals surface area contributed by atoms with E-state index in [9.17, 15) is 9.59 Å². The van der Waals surface area contributed by atoms with Crippen molar-refractivity contribution in [1.82, 2.24) is 15.2 Å². The summed E-state index contributed by atoms with van der Waals surface area (Å²) in [7, 11) is 0. The Kier molecular flexibility index (Phi) is 7.42. The Morgan fingerprint density at radius 1 is 1.06 bits per heavy atom. The van der Waals surface area contributed by atoms with Gasteiger partial charge in [0.2, 0.25) is 5.91 Å². The molecule has 33 heavy (non-hydrogen) atoms. The van der Waals surface area contributed by atoms with E-state index in [1.165, 1.54) is 0 Å². The van der Waals surface area contributed by atoms with E-state index in [2.05, 4.69) is 25.8 Å². The Hall–Kier alpha value is -3.16. The highest BCUT2D eigenvalue weighted by atomic mass is 35.5. The molecule has 0 saturated carbocycles. The molecule has 1 saturated heterocycles. The van der Waals surface area contributed by atoms with Crippen LogP contribution in [0.15, 0.2) is 54.6 Å². The number of likely N-dealkylation sites (tertiary alicyclic amines) is 1. The molecule has 3 amide bonds. The maximum Gasteiger partial charge on any atom is 0.319 e. The van der Waals surface area contributed by atoms with Gasteiger partial charge in [-0.1, -0.05) is 35.9 Å². The lowest BCUT2D eigenvalue weighted by atomic mass is 9.96. The van der Waals surface area contributed by atoms with Gasteiger partial charge >= 0.3 is 6.03 Å². The third-order valence-corrected chi connectivity index (χ3v) is 6.09. The first kappa shape index (κ1) is 23.0. The normalized spacial score (nSPS) is 14.7. The van der Waals surface area contributed by atoms with Crippen LogP contribution in [-0.2, 0) is 4.79 Å². The molecule has 0 aliphatic carbocycles. The molecule has 1 aliphatic rings. The van der Waals surface area contributed by atoms with Crippen molar-refractivity contribution in [2.45, 2.75) is 19.8 Å². The number of hydrogen-bond acceptors (Lipinski definition) is 4. The van der Waals surface area contributed by atoms with E-state index in [1.54, 1.807) is 12.1 Å². The first-order chi connectivity index (χ1) is 16.0. The van der Waals surface area contributed by atoms with Crippen molar-refractivity contribution in [2.24, 2.45) is 5.92 Å². The summed E-state index contributed by atoms with van der Waals surface area (Å²) in [5, 5.41) is 10.3. The molecule has 0 radical (unpaired) electrons. The monoisotopic (exact) mass is 465 g/mol. The summed E-state index contributed by atoms with van der Waals surface area (Å²) in [5.41, 5.74) is 3.19. The highest BCUT2D eigenvalue weighted by Gasteiger charge is 2.25. The summed E-state index contributed by atoms with van der Waals surface area (Å²) in [6.07, 6.45) is 1.59. The molecule has 3 aromatic rings. The number of nitrogens with zero attached hydrogens (tertiary/aromatic N) is 2. The molecule has 0 spiro atoms. The van der Waals surface area contributed by atoms with Gasteiger partial charge in [-0.3, -0.25) is 9.78 Å². The van der Waals surface area contributed by atoms with Gasteiger partial charge in [-0.15, -0.1) is 0 Å². The number of halogens is 1. The molecule has 3 N–H and O–H groups in total. The van der Waals surface area contributed by atoms with E-state index in [4.69, 9.17) is 11.6 Å². The molecule has 1 aromatic heterocycles. The average Bonchev–Trinajstić information content (AvgIpc) is 2.79. The van der Waals surface area contributed by atoms with Crippen LogP contribution < -0.4 is 16.0 Å². The molecule has 8 heteroatoms. The number of para-hydroxylation sites is 1. The molecule has 2 heterocycles. The number of carbonyl (C=O) groups is 2. The number of pyridine rings is 1. The van der Waals surface area contributed by atoms with E-state index in [0.717, 1.165) is 60.4 Å². The van der Waals surface area contributed by atoms with Crippen LogP contribution in [0.25, 0.3) is 10.9 Å². The molecule has 0 bridgehead atoms. The van der Waals surface area contributed by atoms with Gasteiger partial charge in [0.15, 0.2) is 0 Å². The standard InChI is InChI=1S/C25H28ClN5O2/c1-17-15-23(21-7-2-3-8-22(21)28-17)30-25(33)27-11-14-31-12-9-18(10-13-31)24(32)29-20-6-4-5-19(26)16-20/h2-8,15-16,18H,9-14H2,1H3,(H,29,32)(H2,27,28,30,33). The van der Waals surface area contributed by atoms with Crippen LogP contribution in [-0.4, -0.2) is 48.0 Å². The second-order valence-corrected chi connectivity index (χ2v) is 8.76. The lowest BCUT2D eigenvalue weighted by molar-refractivity contribution is -0.121. The quantitative estimate of drug-likeness (QED) is 0.493. The van der Waals surface area contributed by atoms with Crippen molar-refractivity contribution in [2.75, 3.05) is 36.8 Å². The van der Waals surface area contributed by atoms with E-state index in [1.807, 2.05) is 49.4 Å². The summed E-state index contributed by atoms with van der Waals surface area (Å²) in [6.45, 7) is 4.84. The predicted octanol–water partition coefficient (Wildman–Crippen LogP) is 4.67. The third-order valence-electron chi connectivity index (χ3n) is 5.86. The van der Waals surface area contributed by atoms with Gasteiger partial charge in [0.05, 0.1) is 11.2 Å². The number of anilines is 2. The zero-order chi connectivity index (χ0) is 23.2. The van der Waals surface area contributed by atoms with Gasteiger partial charge in [0, 0.05) is 40.8 Å². The van der Waals surface area contributed by atoms with Gasteiger partial charge in [-0.2, -0.15) is 0 Å². The molecule has 2 aromatic carbocycles. The number of piperidine rings is 1. The number of fused-ring (bicyclic) bond motifs is 1. The first-order valence-electron chi connectivity index (χ1n) is 11.2. The lowest BCUT2D eigenvalue weighted by Gasteiger charge is -2.31. The Labute approximate surface area is 198 Å². The molecule has 1 aliphatic heterocycles. The topological polar surface area (TPSA) is 86.4 Å². The van der Waals surface area contributed by atoms with E-state index in [0.29, 0.717) is 11.6 Å². The predicted molar refractivity (Wildman–Crippen MR) is 133 cm³/mol. The number of aromatic nitrogens is 1. The SMILES string of the molecule is Cc1cc(NC(=O)NCCN2CCC(C(=O)Nc3cccc(Cl)c3)CC2)c2ccccc2n1. The van der Waals surface area contributed by atoms with Gasteiger partial charge < -0.3 is 20.9 Å². The largest absolute Gasteiger partial charge is 0.337 e. The van der Waals surface area contributed by atoms with Gasteiger partial charge in [0.25, 0.3) is 0 Å². The molecule has 1 fully saturated rings. The molecule has 0 unspecified atom stereocenters. The van der Waals surface area contributed by atoms with Crippen LogP contribution >= 0.6 is 11.6 Å². The zero-order valence-corrected chi connectivity index (χ0v) is 19.4. The Balaban J connectivity index is 1.20. The van der Waals surface area contributed by atoms with Crippen molar-refractivity contribution < 1.29 is 9.59 Å². The van der Waals surface area contributed by atoms with E-state index in [-0.39, 0.29) is 17.9 Å². The second kappa shape index (κ2) is 10.6. The summed E-state index contributed by atoms with van der Waals surface area (Å²) >= 11 is 5.99. The van der Waals surface area contributed by atoms with Crippen molar-refractivity contribution in [3.63, 3.8) is 0 Å². The first-order valence-corrected chi connectivity index (χ1v) is 11.6. The smallest absolute Gasteiger partial charge is 0.319 e. The minimum Gasteiger partial charge on any atom is -0.337 e. The summed E-state index contributed by atoms with van der Waals surface area (Å²) < 4.78 is 0. The molecule has 0 atom stereocenters. The second-order valence-electron chi connectivity index (χ2n) is 8.32. The molecule has 4 rings (SSSR count). The van der Waals surface area contributed by atoms with Crippen molar-refractivity contribution >= 4 is 45.8 Å². The maximum absolute atomic E-state index is 12.5. The summed E-state index contributed by atoms with van der Waals surface area (Å²) in [6, 6.07) is 16.6. The minimum atomic E-state index is -0.235. The van der Waals surface area contributed by atoms with Crippen molar-refractivity contribution in [3.8, 4) is 0 Å². The minimum absolute atomic E-state index is 0.0142. The number of nitrogens with one attached hydrogen (secondary N) is 3. The Morgan fingerprint density at radius 2 is 1.85 bits per heavy atom. The van der Waals surface area contributed by atoms with Crippen LogP contribution in [0.4, 0.5) is 16.2 Å². The number of carbonyl (C=O) groups excluding carboxylic acids is 2. The highest BCUT2D eigenvalue weighted by Crippen LogP contribution is 2.23. The average molecular weight is 466 g/mol. The zero-order valence-electron chi connectivity index (χ0n) is 18.6. The van der Waals surface area contributed by atoms with Crippen LogP contribution in [0.3, 0.4) is 0 Å². The molecular weight excluding hydrogens is 438 g/mol.